The largest absolute Gasteiger partial charge is 0.323 e. The summed E-state index contributed by atoms with van der Waals surface area (Å²) in [7, 11) is 0. The summed E-state index contributed by atoms with van der Waals surface area (Å²) in [5.41, 5.74) is 0.776. The molecule has 0 spiro atoms. The van der Waals surface area contributed by atoms with Crippen LogP contribution < -0.4 is 5.32 Å². The maximum atomic E-state index is 13.6. The molecular formula is C17H10ClF3N2OS. The molecule has 1 N–H and O–H groups in total. The molecule has 0 aliphatic rings. The number of nitrogens with zero attached hydrogens (tertiary/aromatic N) is 1. The van der Waals surface area contributed by atoms with E-state index in [0.29, 0.717) is 15.7 Å². The summed E-state index contributed by atoms with van der Waals surface area (Å²) in [6.45, 7) is 0. The second-order valence-electron chi connectivity index (χ2n) is 5.07. The average Bonchev–Trinajstić information content (AvgIpc) is 3.04. The summed E-state index contributed by atoms with van der Waals surface area (Å²) in [6, 6.07) is 8.86. The molecule has 8 heteroatoms. The molecule has 128 valence electrons. The van der Waals surface area contributed by atoms with Crippen LogP contribution in [-0.4, -0.2) is 10.9 Å². The fourth-order valence-electron chi connectivity index (χ4n) is 2.13. The van der Waals surface area contributed by atoms with Gasteiger partial charge in [0.25, 0.3) is 0 Å². The highest BCUT2D eigenvalue weighted by atomic mass is 35.5. The number of anilines is 1. The van der Waals surface area contributed by atoms with Crippen LogP contribution in [0.4, 0.5) is 18.9 Å². The van der Waals surface area contributed by atoms with Crippen LogP contribution >= 0.6 is 22.9 Å². The molecule has 0 aliphatic heterocycles. The first kappa shape index (κ1) is 17.4. The van der Waals surface area contributed by atoms with E-state index in [1.165, 1.54) is 11.3 Å². The Labute approximate surface area is 150 Å². The summed E-state index contributed by atoms with van der Waals surface area (Å²) in [6.07, 6.45) is -0.139. The van der Waals surface area contributed by atoms with E-state index < -0.39 is 29.0 Å². The third-order valence-electron chi connectivity index (χ3n) is 3.31. The maximum absolute atomic E-state index is 13.6. The van der Waals surface area contributed by atoms with Gasteiger partial charge < -0.3 is 5.32 Å². The number of rotatable bonds is 4. The van der Waals surface area contributed by atoms with Gasteiger partial charge in [-0.1, -0.05) is 29.8 Å². The van der Waals surface area contributed by atoms with Gasteiger partial charge in [-0.15, -0.1) is 11.3 Å². The number of hydrogen-bond acceptors (Lipinski definition) is 3. The minimum absolute atomic E-state index is 0.139. The smallest absolute Gasteiger partial charge is 0.230 e. The van der Waals surface area contributed by atoms with Crippen molar-refractivity contribution < 1.29 is 18.0 Å². The van der Waals surface area contributed by atoms with E-state index in [9.17, 15) is 18.0 Å². The number of carbonyl (C=O) groups excluding carboxylic acids is 1. The lowest BCUT2D eigenvalue weighted by Crippen LogP contribution is -2.16. The summed E-state index contributed by atoms with van der Waals surface area (Å²) in [5, 5.41) is 5.07. The zero-order valence-electron chi connectivity index (χ0n) is 12.5. The zero-order valence-corrected chi connectivity index (χ0v) is 14.1. The van der Waals surface area contributed by atoms with Crippen molar-refractivity contribution in [1.82, 2.24) is 4.98 Å². The van der Waals surface area contributed by atoms with Crippen molar-refractivity contribution in [2.24, 2.45) is 0 Å². The fourth-order valence-corrected chi connectivity index (χ4v) is 3.27. The molecule has 0 unspecified atom stereocenters. The number of benzene rings is 2. The SMILES string of the molecule is O=C(Cc1csc(-c2ccccc2Cl)n1)Nc1ccc(F)c(F)c1F. The van der Waals surface area contributed by atoms with Crippen molar-refractivity contribution >= 4 is 34.5 Å². The van der Waals surface area contributed by atoms with Gasteiger partial charge in [-0.05, 0) is 18.2 Å². The number of hydrogen-bond donors (Lipinski definition) is 1. The number of aromatic nitrogens is 1. The highest BCUT2D eigenvalue weighted by Gasteiger charge is 2.16. The van der Waals surface area contributed by atoms with Crippen LogP contribution in [0.15, 0.2) is 41.8 Å². The van der Waals surface area contributed by atoms with Crippen molar-refractivity contribution in [3.05, 3.63) is 69.9 Å². The second kappa shape index (κ2) is 7.25. The normalized spacial score (nSPS) is 10.7. The summed E-state index contributed by atoms with van der Waals surface area (Å²) in [5.74, 6) is -4.99. The van der Waals surface area contributed by atoms with Crippen LogP contribution in [0.5, 0.6) is 0 Å². The first-order valence-corrected chi connectivity index (χ1v) is 8.34. The van der Waals surface area contributed by atoms with Crippen LogP contribution in [0.3, 0.4) is 0 Å². The third kappa shape index (κ3) is 3.83. The maximum Gasteiger partial charge on any atom is 0.230 e. The van der Waals surface area contributed by atoms with Crippen molar-refractivity contribution in [2.45, 2.75) is 6.42 Å². The van der Waals surface area contributed by atoms with Gasteiger partial charge in [0.2, 0.25) is 5.91 Å². The Morgan fingerprint density at radius 2 is 1.88 bits per heavy atom. The topological polar surface area (TPSA) is 42.0 Å². The molecule has 0 atom stereocenters. The summed E-state index contributed by atoms with van der Waals surface area (Å²) in [4.78, 5) is 16.3. The van der Waals surface area contributed by atoms with Gasteiger partial charge in [-0.25, -0.2) is 18.2 Å². The van der Waals surface area contributed by atoms with E-state index in [-0.39, 0.29) is 6.42 Å². The van der Waals surface area contributed by atoms with Crippen molar-refractivity contribution in [2.75, 3.05) is 5.32 Å². The minimum atomic E-state index is -1.63. The van der Waals surface area contributed by atoms with Gasteiger partial charge in [0.15, 0.2) is 17.5 Å². The highest BCUT2D eigenvalue weighted by molar-refractivity contribution is 7.13. The third-order valence-corrected chi connectivity index (χ3v) is 4.56. The molecule has 1 amide bonds. The predicted molar refractivity (Wildman–Crippen MR) is 91.2 cm³/mol. The average molecular weight is 383 g/mol. The van der Waals surface area contributed by atoms with E-state index in [1.54, 1.807) is 17.5 Å². The molecule has 3 aromatic rings. The van der Waals surface area contributed by atoms with Crippen LogP contribution in [0.2, 0.25) is 5.02 Å². The Balaban J connectivity index is 1.72. The number of nitrogens with one attached hydrogen (secondary N) is 1. The Morgan fingerprint density at radius 1 is 1.12 bits per heavy atom. The lowest BCUT2D eigenvalue weighted by molar-refractivity contribution is -0.115. The number of thiazole rings is 1. The Bertz CT molecular complexity index is 945. The summed E-state index contributed by atoms with van der Waals surface area (Å²) >= 11 is 7.42. The van der Waals surface area contributed by atoms with Gasteiger partial charge in [0.1, 0.15) is 5.01 Å². The lowest BCUT2D eigenvalue weighted by atomic mass is 10.2. The first-order chi connectivity index (χ1) is 12.0. The Morgan fingerprint density at radius 3 is 2.64 bits per heavy atom. The second-order valence-corrected chi connectivity index (χ2v) is 6.34. The standard InChI is InChI=1S/C17H10ClF3N2OS/c18-11-4-2-1-3-10(11)17-22-9(8-25-17)7-14(24)23-13-6-5-12(19)15(20)16(13)21/h1-6,8H,7H2,(H,23,24). The zero-order chi connectivity index (χ0) is 18.0. The predicted octanol–water partition coefficient (Wildman–Crippen LogP) is 5.06. The highest BCUT2D eigenvalue weighted by Crippen LogP contribution is 2.30. The van der Waals surface area contributed by atoms with E-state index in [1.807, 2.05) is 12.1 Å². The number of carbonyl (C=O) groups is 1. The molecule has 0 bridgehead atoms. The van der Waals surface area contributed by atoms with Crippen molar-refractivity contribution in [3.63, 3.8) is 0 Å². The number of amides is 1. The Hall–Kier alpha value is -2.38. The molecule has 3 rings (SSSR count). The molecule has 0 saturated carbocycles. The fraction of sp³-hybridized carbons (Fsp3) is 0.0588. The molecule has 0 aliphatic carbocycles. The Kier molecular flexibility index (Phi) is 5.06. The van der Waals surface area contributed by atoms with Crippen LogP contribution in [-0.2, 0) is 11.2 Å². The van der Waals surface area contributed by atoms with Crippen LogP contribution in [0.25, 0.3) is 10.6 Å². The molecule has 1 heterocycles. The number of halogens is 4. The minimum Gasteiger partial charge on any atom is -0.323 e. The van der Waals surface area contributed by atoms with E-state index in [2.05, 4.69) is 10.3 Å². The van der Waals surface area contributed by atoms with Crippen molar-refractivity contribution in [1.29, 1.82) is 0 Å². The molecule has 0 fully saturated rings. The van der Waals surface area contributed by atoms with Gasteiger partial charge >= 0.3 is 0 Å². The van der Waals surface area contributed by atoms with Gasteiger partial charge in [0.05, 0.1) is 22.8 Å². The van der Waals surface area contributed by atoms with Crippen LogP contribution in [0, 0.1) is 17.5 Å². The molecule has 0 saturated heterocycles. The van der Waals surface area contributed by atoms with Gasteiger partial charge in [-0.3, -0.25) is 4.79 Å². The van der Waals surface area contributed by atoms with E-state index >= 15 is 0 Å². The van der Waals surface area contributed by atoms with Gasteiger partial charge in [0, 0.05) is 10.9 Å². The quantitative estimate of drug-likeness (QED) is 0.641. The van der Waals surface area contributed by atoms with E-state index in [4.69, 9.17) is 11.6 Å². The van der Waals surface area contributed by atoms with Crippen molar-refractivity contribution in [3.8, 4) is 10.6 Å². The molecule has 25 heavy (non-hydrogen) atoms. The van der Waals surface area contributed by atoms with Gasteiger partial charge in [-0.2, -0.15) is 0 Å². The lowest BCUT2D eigenvalue weighted by Gasteiger charge is -2.06. The molecule has 1 aromatic heterocycles. The monoisotopic (exact) mass is 382 g/mol. The molecule has 3 nitrogen and oxygen atoms in total. The molecular weight excluding hydrogens is 373 g/mol. The molecule has 2 aromatic carbocycles. The summed E-state index contributed by atoms with van der Waals surface area (Å²) < 4.78 is 39.6. The molecule has 0 radical (unpaired) electrons. The van der Waals surface area contributed by atoms with E-state index in [0.717, 1.165) is 17.7 Å². The first-order valence-electron chi connectivity index (χ1n) is 7.08. The van der Waals surface area contributed by atoms with Crippen LogP contribution in [0.1, 0.15) is 5.69 Å².